The Kier molecular flexibility index (Phi) is 8.40. The first-order valence-corrected chi connectivity index (χ1v) is 1.82. The van der Waals surface area contributed by atoms with E-state index >= 15 is 0 Å². The van der Waals surface area contributed by atoms with E-state index in [9.17, 15) is 9.59 Å². The molecule has 4 heteroatoms. The van der Waals surface area contributed by atoms with E-state index < -0.39 is 11.9 Å². The van der Waals surface area contributed by atoms with E-state index in [0.29, 0.717) is 0 Å². The maximum absolute atomic E-state index is 9.81. The summed E-state index contributed by atoms with van der Waals surface area (Å²) in [5, 5.41) is 0. The zero-order chi connectivity index (χ0) is 5.86. The Morgan fingerprint density at radius 3 is 1.38 bits per heavy atom. The van der Waals surface area contributed by atoms with Crippen LogP contribution in [0.15, 0.2) is 0 Å². The van der Waals surface area contributed by atoms with Crippen LogP contribution in [0.1, 0.15) is 13.8 Å². The monoisotopic (exact) mass is 242 g/mol. The minimum atomic E-state index is -0.562. The van der Waals surface area contributed by atoms with Crippen molar-refractivity contribution in [3.63, 3.8) is 0 Å². The fourth-order valence-electron chi connectivity index (χ4n) is 0.202. The van der Waals surface area contributed by atoms with Gasteiger partial charge in [0.15, 0.2) is 0 Å². The summed E-state index contributed by atoms with van der Waals surface area (Å²) in [5.74, 6) is -1.12. The van der Waals surface area contributed by atoms with Crippen molar-refractivity contribution >= 4 is 60.8 Å². The number of ether oxygens (including phenoxy) is 1. The summed E-state index contributed by atoms with van der Waals surface area (Å²) in [6.45, 7) is 2.36. The Labute approximate surface area is 87.8 Å². The van der Waals surface area contributed by atoms with Crippen molar-refractivity contribution in [1.29, 1.82) is 0 Å². The van der Waals surface area contributed by atoms with Crippen LogP contribution < -0.4 is 0 Å². The summed E-state index contributed by atoms with van der Waals surface area (Å²) in [5.41, 5.74) is 0. The van der Waals surface area contributed by atoms with E-state index in [1.807, 2.05) is 0 Å². The molecule has 0 saturated heterocycles. The summed E-state index contributed by atoms with van der Waals surface area (Å²) in [6, 6.07) is 0. The zero-order valence-corrected chi connectivity index (χ0v) is 4.22. The molecule has 0 aromatic heterocycles. The maximum atomic E-state index is 9.81. The minimum absolute atomic E-state index is 0. The van der Waals surface area contributed by atoms with Crippen molar-refractivity contribution < 1.29 is 14.3 Å². The van der Waals surface area contributed by atoms with Gasteiger partial charge in [-0.2, -0.15) is 0 Å². The quantitative estimate of drug-likeness (QED) is 0.316. The van der Waals surface area contributed by atoms with Gasteiger partial charge in [-0.1, -0.05) is 0 Å². The van der Waals surface area contributed by atoms with Crippen molar-refractivity contribution in [2.24, 2.45) is 0 Å². The summed E-state index contributed by atoms with van der Waals surface area (Å²) < 4.78 is 3.97. The van der Waals surface area contributed by atoms with E-state index in [-0.39, 0.29) is 48.9 Å². The van der Waals surface area contributed by atoms with Gasteiger partial charge >= 0.3 is 60.8 Å². The molecule has 8 heavy (non-hydrogen) atoms. The molecular formula is C4H8BaO3. The van der Waals surface area contributed by atoms with Crippen molar-refractivity contribution in [2.45, 2.75) is 13.8 Å². The van der Waals surface area contributed by atoms with E-state index in [1.165, 1.54) is 13.8 Å². The Morgan fingerprint density at radius 1 is 1.12 bits per heavy atom. The zero-order valence-electron chi connectivity index (χ0n) is 4.22. The van der Waals surface area contributed by atoms with Crippen LogP contribution in [0.5, 0.6) is 0 Å². The number of carbonyl (C=O) groups excluding carboxylic acids is 2. The number of rotatable bonds is 0. The van der Waals surface area contributed by atoms with Crippen LogP contribution >= 0.6 is 0 Å². The molecule has 44 valence electrons. The second kappa shape index (κ2) is 5.84. The average molecular weight is 241 g/mol. The molecule has 0 radical (unpaired) electrons. The van der Waals surface area contributed by atoms with Crippen LogP contribution in [-0.4, -0.2) is 60.8 Å². The van der Waals surface area contributed by atoms with Gasteiger partial charge in [-0.25, -0.2) is 0 Å². The van der Waals surface area contributed by atoms with Crippen LogP contribution in [0.2, 0.25) is 0 Å². The molecule has 0 aliphatic rings. The van der Waals surface area contributed by atoms with Crippen molar-refractivity contribution in [2.75, 3.05) is 0 Å². The molecule has 3 nitrogen and oxygen atoms in total. The SMILES string of the molecule is CC(=O)OC(C)=O.[BaH2]. The Balaban J connectivity index is 0. The van der Waals surface area contributed by atoms with Gasteiger partial charge in [0.1, 0.15) is 0 Å². The van der Waals surface area contributed by atoms with Crippen LogP contribution in [0.3, 0.4) is 0 Å². The first kappa shape index (κ1) is 11.5. The molecule has 0 amide bonds. The molecule has 0 bridgehead atoms. The molecule has 0 unspecified atom stereocenters. The normalized spacial score (nSPS) is 6.75. The molecule has 0 N–H and O–H groups in total. The molecule has 0 aliphatic heterocycles. The summed E-state index contributed by atoms with van der Waals surface area (Å²) in [6.07, 6.45) is 0. The Morgan fingerprint density at radius 2 is 1.38 bits per heavy atom. The second-order valence-electron chi connectivity index (χ2n) is 1.09. The van der Waals surface area contributed by atoms with Crippen molar-refractivity contribution in [1.82, 2.24) is 0 Å². The molecule has 0 spiro atoms. The first-order valence-electron chi connectivity index (χ1n) is 1.82. The van der Waals surface area contributed by atoms with Gasteiger partial charge in [0.05, 0.1) is 0 Å². The van der Waals surface area contributed by atoms with Crippen LogP contribution in [0, 0.1) is 0 Å². The van der Waals surface area contributed by atoms with E-state index in [2.05, 4.69) is 4.74 Å². The molecule has 0 heterocycles. The van der Waals surface area contributed by atoms with Gasteiger partial charge in [0, 0.05) is 13.8 Å². The number of carbonyl (C=O) groups is 2. The Hall–Kier alpha value is 0.711. The standard InChI is InChI=1S/C4H6O3.Ba.2H/c1-3(5)7-4(2)6;;;/h1-2H3;;;. The van der Waals surface area contributed by atoms with Gasteiger partial charge in [0.2, 0.25) is 0 Å². The van der Waals surface area contributed by atoms with Crippen molar-refractivity contribution in [3.8, 4) is 0 Å². The molecule has 0 atom stereocenters. The van der Waals surface area contributed by atoms with Gasteiger partial charge in [-0.05, 0) is 0 Å². The van der Waals surface area contributed by atoms with Crippen molar-refractivity contribution in [3.05, 3.63) is 0 Å². The van der Waals surface area contributed by atoms with Gasteiger partial charge in [-0.15, -0.1) is 0 Å². The number of esters is 2. The van der Waals surface area contributed by atoms with Crippen LogP contribution in [0.25, 0.3) is 0 Å². The molecular weight excluding hydrogens is 233 g/mol. The third kappa shape index (κ3) is 9.86. The fraction of sp³-hybridized carbons (Fsp3) is 0.500. The Bertz CT molecular complexity index is 87.5. The molecule has 0 fully saturated rings. The number of hydrogen-bond acceptors (Lipinski definition) is 3. The van der Waals surface area contributed by atoms with Gasteiger partial charge < -0.3 is 4.74 Å². The average Bonchev–Trinajstić information content (AvgIpc) is 1.27. The van der Waals surface area contributed by atoms with Crippen LogP contribution in [0.4, 0.5) is 0 Å². The van der Waals surface area contributed by atoms with E-state index in [4.69, 9.17) is 0 Å². The molecule has 0 aromatic rings. The summed E-state index contributed by atoms with van der Waals surface area (Å²) in [4.78, 5) is 19.6. The number of hydrogen-bond donors (Lipinski definition) is 0. The third-order valence-electron chi connectivity index (χ3n) is 0.287. The van der Waals surface area contributed by atoms with Gasteiger partial charge in [0.25, 0.3) is 0 Å². The molecule has 0 saturated carbocycles. The molecule has 0 rings (SSSR count). The predicted molar refractivity (Wildman–Crippen MR) is 31.0 cm³/mol. The molecule has 0 aromatic carbocycles. The van der Waals surface area contributed by atoms with E-state index in [0.717, 1.165) is 0 Å². The fourth-order valence-corrected chi connectivity index (χ4v) is 0.202. The topological polar surface area (TPSA) is 43.4 Å². The summed E-state index contributed by atoms with van der Waals surface area (Å²) in [7, 11) is 0. The van der Waals surface area contributed by atoms with Gasteiger partial charge in [-0.3, -0.25) is 9.59 Å². The van der Waals surface area contributed by atoms with Crippen LogP contribution in [-0.2, 0) is 14.3 Å². The molecule has 0 aliphatic carbocycles. The summed E-state index contributed by atoms with van der Waals surface area (Å²) >= 11 is 0. The predicted octanol–water partition coefficient (Wildman–Crippen LogP) is -0.820. The second-order valence-corrected chi connectivity index (χ2v) is 1.09. The van der Waals surface area contributed by atoms with E-state index in [1.54, 1.807) is 0 Å². The third-order valence-corrected chi connectivity index (χ3v) is 0.287. The first-order chi connectivity index (χ1) is 3.13.